The number of amides is 1. The number of sulfonamides is 1. The van der Waals surface area contributed by atoms with E-state index in [0.29, 0.717) is 20.9 Å². The van der Waals surface area contributed by atoms with Crippen LogP contribution in [0.25, 0.3) is 0 Å². The van der Waals surface area contributed by atoms with Crippen molar-refractivity contribution in [1.82, 2.24) is 4.72 Å². The van der Waals surface area contributed by atoms with Gasteiger partial charge in [0.15, 0.2) is 0 Å². The molecule has 0 heterocycles. The molecule has 26 heavy (non-hydrogen) atoms. The van der Waals surface area contributed by atoms with Gasteiger partial charge in [-0.2, -0.15) is 0 Å². The monoisotopic (exact) mass is 458 g/mol. The van der Waals surface area contributed by atoms with E-state index in [4.69, 9.17) is 16.3 Å². The maximum Gasteiger partial charge on any atom is 0.256 e. The summed E-state index contributed by atoms with van der Waals surface area (Å²) >= 11 is 9.35. The van der Waals surface area contributed by atoms with E-state index in [1.165, 1.54) is 25.3 Å². The Hall–Kier alpha value is -1.61. The van der Waals surface area contributed by atoms with Crippen molar-refractivity contribution in [2.45, 2.75) is 23.8 Å². The third-order valence-electron chi connectivity index (χ3n) is 3.80. The van der Waals surface area contributed by atoms with E-state index in [0.717, 1.165) is 12.8 Å². The van der Waals surface area contributed by atoms with Gasteiger partial charge in [-0.15, -0.1) is 0 Å². The molecule has 0 saturated heterocycles. The minimum atomic E-state index is -3.65. The van der Waals surface area contributed by atoms with Crippen LogP contribution in [0.1, 0.15) is 23.2 Å². The second-order valence-corrected chi connectivity index (χ2v) is 8.82. The Morgan fingerprint density at radius 1 is 1.23 bits per heavy atom. The minimum Gasteiger partial charge on any atom is -0.495 e. The lowest BCUT2D eigenvalue weighted by Gasteiger charge is -2.11. The molecule has 6 nitrogen and oxygen atoms in total. The first kappa shape index (κ1) is 19.2. The molecule has 2 aromatic carbocycles. The van der Waals surface area contributed by atoms with Crippen LogP contribution in [0.15, 0.2) is 45.8 Å². The number of nitrogens with one attached hydrogen (secondary N) is 2. The second kappa shape index (κ2) is 7.56. The van der Waals surface area contributed by atoms with Gasteiger partial charge in [0.2, 0.25) is 10.0 Å². The maximum absolute atomic E-state index is 12.6. The number of methoxy groups -OCH3 is 1. The lowest BCUT2D eigenvalue weighted by molar-refractivity contribution is 0.102. The molecule has 0 aromatic heterocycles. The Labute approximate surface area is 165 Å². The van der Waals surface area contributed by atoms with Gasteiger partial charge >= 0.3 is 0 Å². The topological polar surface area (TPSA) is 84.5 Å². The van der Waals surface area contributed by atoms with Crippen molar-refractivity contribution < 1.29 is 17.9 Å². The van der Waals surface area contributed by atoms with Crippen LogP contribution >= 0.6 is 27.5 Å². The summed E-state index contributed by atoms with van der Waals surface area (Å²) in [6.07, 6.45) is 1.67. The number of rotatable bonds is 6. The van der Waals surface area contributed by atoms with Gasteiger partial charge in [0.25, 0.3) is 5.91 Å². The van der Waals surface area contributed by atoms with Gasteiger partial charge in [-0.3, -0.25) is 4.79 Å². The SMILES string of the molecule is COc1ccc(NC(=O)c2cc(S(=O)(=O)NC3CC3)ccc2Br)cc1Cl. The van der Waals surface area contributed by atoms with Crippen LogP contribution in [-0.4, -0.2) is 27.5 Å². The number of carbonyl (C=O) groups is 1. The molecule has 1 amide bonds. The zero-order valence-corrected chi connectivity index (χ0v) is 16.9. The van der Waals surface area contributed by atoms with E-state index >= 15 is 0 Å². The van der Waals surface area contributed by atoms with Crippen molar-refractivity contribution >= 4 is 49.1 Å². The Balaban J connectivity index is 1.84. The first-order valence-electron chi connectivity index (χ1n) is 7.77. The highest BCUT2D eigenvalue weighted by atomic mass is 79.9. The van der Waals surface area contributed by atoms with Crippen LogP contribution in [0.2, 0.25) is 5.02 Å². The van der Waals surface area contributed by atoms with Gasteiger partial charge in [-0.05, 0) is 65.2 Å². The van der Waals surface area contributed by atoms with E-state index in [9.17, 15) is 13.2 Å². The number of ether oxygens (including phenoxy) is 1. The summed E-state index contributed by atoms with van der Waals surface area (Å²) in [5.41, 5.74) is 0.674. The van der Waals surface area contributed by atoms with E-state index in [2.05, 4.69) is 26.0 Å². The van der Waals surface area contributed by atoms with Gasteiger partial charge in [-0.25, -0.2) is 13.1 Å². The summed E-state index contributed by atoms with van der Waals surface area (Å²) in [6, 6.07) is 9.16. The second-order valence-electron chi connectivity index (χ2n) is 5.84. The molecule has 0 atom stereocenters. The molecule has 0 bridgehead atoms. The Morgan fingerprint density at radius 3 is 2.58 bits per heavy atom. The fourth-order valence-electron chi connectivity index (χ4n) is 2.28. The molecule has 2 N–H and O–H groups in total. The Morgan fingerprint density at radius 2 is 1.96 bits per heavy atom. The predicted molar refractivity (Wildman–Crippen MR) is 103 cm³/mol. The maximum atomic E-state index is 12.6. The molecular weight excluding hydrogens is 444 g/mol. The highest BCUT2D eigenvalue weighted by Crippen LogP contribution is 2.29. The highest BCUT2D eigenvalue weighted by Gasteiger charge is 2.28. The van der Waals surface area contributed by atoms with Crippen LogP contribution in [0, 0.1) is 0 Å². The third-order valence-corrected chi connectivity index (χ3v) is 6.31. The summed E-state index contributed by atoms with van der Waals surface area (Å²) in [4.78, 5) is 12.6. The zero-order chi connectivity index (χ0) is 18.9. The average Bonchev–Trinajstić information content (AvgIpc) is 3.38. The minimum absolute atomic E-state index is 0.0117. The summed E-state index contributed by atoms with van der Waals surface area (Å²) in [5.74, 6) is 0.0340. The largest absolute Gasteiger partial charge is 0.495 e. The first-order chi connectivity index (χ1) is 12.3. The quantitative estimate of drug-likeness (QED) is 0.688. The molecule has 0 radical (unpaired) electrons. The van der Waals surface area contributed by atoms with Crippen LogP contribution in [0.4, 0.5) is 5.69 Å². The number of benzene rings is 2. The number of hydrogen-bond acceptors (Lipinski definition) is 4. The smallest absolute Gasteiger partial charge is 0.256 e. The van der Waals surface area contributed by atoms with Gasteiger partial charge in [-0.1, -0.05) is 11.6 Å². The normalized spacial score (nSPS) is 14.1. The van der Waals surface area contributed by atoms with Gasteiger partial charge in [0.05, 0.1) is 22.6 Å². The highest BCUT2D eigenvalue weighted by molar-refractivity contribution is 9.10. The number of hydrogen-bond donors (Lipinski definition) is 2. The summed E-state index contributed by atoms with van der Waals surface area (Å²) in [6.45, 7) is 0. The summed E-state index contributed by atoms with van der Waals surface area (Å²) < 4.78 is 32.9. The van der Waals surface area contributed by atoms with Crippen molar-refractivity contribution in [2.75, 3.05) is 12.4 Å². The predicted octanol–water partition coefficient (Wildman–Crippen LogP) is 3.80. The van der Waals surface area contributed by atoms with Crippen molar-refractivity contribution in [1.29, 1.82) is 0 Å². The van der Waals surface area contributed by atoms with Crippen molar-refractivity contribution in [3.63, 3.8) is 0 Å². The lowest BCUT2D eigenvalue weighted by Crippen LogP contribution is -2.26. The summed E-state index contributed by atoms with van der Waals surface area (Å²) in [5, 5.41) is 3.05. The number of halogens is 2. The number of carbonyl (C=O) groups excluding carboxylic acids is 1. The molecule has 1 fully saturated rings. The fourth-order valence-corrected chi connectivity index (χ4v) is 4.29. The molecule has 138 valence electrons. The molecule has 0 unspecified atom stereocenters. The van der Waals surface area contributed by atoms with Crippen molar-refractivity contribution in [3.05, 3.63) is 51.5 Å². The molecule has 9 heteroatoms. The number of anilines is 1. The van der Waals surface area contributed by atoms with Crippen LogP contribution in [0.3, 0.4) is 0 Å². The van der Waals surface area contributed by atoms with Gasteiger partial charge in [0.1, 0.15) is 5.75 Å². The van der Waals surface area contributed by atoms with E-state index in [1.807, 2.05) is 0 Å². The van der Waals surface area contributed by atoms with E-state index in [-0.39, 0.29) is 16.5 Å². The van der Waals surface area contributed by atoms with Gasteiger partial charge in [0, 0.05) is 16.2 Å². The molecule has 0 aliphatic heterocycles. The molecule has 1 aliphatic carbocycles. The molecule has 1 saturated carbocycles. The lowest BCUT2D eigenvalue weighted by atomic mass is 10.2. The third kappa shape index (κ3) is 4.37. The zero-order valence-electron chi connectivity index (χ0n) is 13.8. The fraction of sp³-hybridized carbons (Fsp3) is 0.235. The van der Waals surface area contributed by atoms with Crippen molar-refractivity contribution in [3.8, 4) is 5.75 Å². The van der Waals surface area contributed by atoms with Crippen molar-refractivity contribution in [2.24, 2.45) is 0 Å². The molecule has 2 aromatic rings. The van der Waals surface area contributed by atoms with E-state index in [1.54, 1.807) is 18.2 Å². The van der Waals surface area contributed by atoms with Gasteiger partial charge < -0.3 is 10.1 Å². The molecule has 3 rings (SSSR count). The van der Waals surface area contributed by atoms with Crippen LogP contribution in [0.5, 0.6) is 5.75 Å². The van der Waals surface area contributed by atoms with E-state index < -0.39 is 15.9 Å². The Kier molecular flexibility index (Phi) is 5.57. The average molecular weight is 460 g/mol. The van der Waals surface area contributed by atoms with Crippen LogP contribution < -0.4 is 14.8 Å². The molecular formula is C17H16BrClN2O4S. The standard InChI is InChI=1S/C17H16BrClN2O4S/c1-25-16-7-4-11(8-15(16)19)20-17(22)13-9-12(5-6-14(13)18)26(23,24)21-10-2-3-10/h4-10,21H,2-3H2,1H3,(H,20,22). The molecule has 1 aliphatic rings. The molecule has 0 spiro atoms. The van der Waals surface area contributed by atoms with Crippen LogP contribution in [-0.2, 0) is 10.0 Å². The first-order valence-corrected chi connectivity index (χ1v) is 10.4. The summed E-state index contributed by atoms with van der Waals surface area (Å²) in [7, 11) is -2.15. The Bertz CT molecular complexity index is 961.